The molecule has 30 heavy (non-hydrogen) atoms. The number of anilines is 1. The van der Waals surface area contributed by atoms with E-state index in [0.717, 1.165) is 5.69 Å². The third kappa shape index (κ3) is 3.53. The van der Waals surface area contributed by atoms with Gasteiger partial charge < -0.3 is 10.1 Å². The average Bonchev–Trinajstić information content (AvgIpc) is 3.09. The summed E-state index contributed by atoms with van der Waals surface area (Å²) in [5.74, 6) is -0.699. The smallest absolute Gasteiger partial charge is 0.337 e. The van der Waals surface area contributed by atoms with E-state index in [1.807, 2.05) is 44.2 Å². The number of methoxy groups -OCH3 is 1. The van der Waals surface area contributed by atoms with Crippen LogP contribution in [0.1, 0.15) is 32.1 Å². The highest BCUT2D eigenvalue weighted by molar-refractivity contribution is 6.13. The molecule has 0 saturated carbocycles. The first-order valence-electron chi connectivity index (χ1n) is 9.40. The van der Waals surface area contributed by atoms with Gasteiger partial charge in [0.2, 0.25) is 0 Å². The molecule has 7 heteroatoms. The van der Waals surface area contributed by atoms with Crippen LogP contribution in [0.3, 0.4) is 0 Å². The minimum absolute atomic E-state index is 0.271. The van der Waals surface area contributed by atoms with Gasteiger partial charge in [0.1, 0.15) is 0 Å². The Hall–Kier alpha value is -4.00. The van der Waals surface area contributed by atoms with Crippen LogP contribution in [0.2, 0.25) is 0 Å². The number of ether oxygens (including phenoxy) is 1. The molecule has 0 bridgehead atoms. The number of aromatic nitrogens is 3. The van der Waals surface area contributed by atoms with Gasteiger partial charge >= 0.3 is 5.97 Å². The van der Waals surface area contributed by atoms with E-state index in [2.05, 4.69) is 15.4 Å². The number of esters is 1. The van der Waals surface area contributed by atoms with Crippen molar-refractivity contribution < 1.29 is 14.3 Å². The van der Waals surface area contributed by atoms with Gasteiger partial charge in [-0.3, -0.25) is 4.79 Å². The summed E-state index contributed by atoms with van der Waals surface area (Å²) in [6, 6.07) is 18.0. The molecule has 0 spiro atoms. The summed E-state index contributed by atoms with van der Waals surface area (Å²) in [5.41, 5.74) is 4.41. The van der Waals surface area contributed by atoms with Gasteiger partial charge in [-0.25, -0.2) is 14.5 Å². The number of fused-ring (bicyclic) bond motifs is 1. The van der Waals surface area contributed by atoms with Crippen molar-refractivity contribution in [1.29, 1.82) is 0 Å². The number of pyridine rings is 1. The van der Waals surface area contributed by atoms with Crippen molar-refractivity contribution in [2.75, 3.05) is 12.4 Å². The van der Waals surface area contributed by atoms with E-state index < -0.39 is 5.97 Å². The molecule has 0 unspecified atom stereocenters. The first-order chi connectivity index (χ1) is 14.5. The Morgan fingerprint density at radius 1 is 1.00 bits per heavy atom. The Bertz CT molecular complexity index is 1250. The second-order valence-electron chi connectivity index (χ2n) is 6.87. The molecule has 0 radical (unpaired) electrons. The Labute approximate surface area is 173 Å². The summed E-state index contributed by atoms with van der Waals surface area (Å²) in [7, 11) is 1.33. The lowest BCUT2D eigenvalue weighted by Crippen LogP contribution is -2.13. The van der Waals surface area contributed by atoms with Gasteiger partial charge in [-0.2, -0.15) is 5.10 Å². The van der Waals surface area contributed by atoms with Crippen LogP contribution in [0.4, 0.5) is 5.69 Å². The fourth-order valence-corrected chi connectivity index (χ4v) is 3.35. The number of carbonyl (C=O) groups excluding carboxylic acids is 2. The molecule has 0 atom stereocenters. The molecule has 150 valence electrons. The van der Waals surface area contributed by atoms with Gasteiger partial charge in [0, 0.05) is 11.4 Å². The van der Waals surface area contributed by atoms with Gasteiger partial charge in [0.05, 0.1) is 35.0 Å². The maximum atomic E-state index is 13.1. The molecule has 0 saturated heterocycles. The summed E-state index contributed by atoms with van der Waals surface area (Å²) in [5, 5.41) is 8.20. The zero-order chi connectivity index (χ0) is 21.3. The number of nitrogens with one attached hydrogen (secondary N) is 1. The summed E-state index contributed by atoms with van der Waals surface area (Å²) in [6.07, 6.45) is 0. The standard InChI is InChI=1S/C23H20N4O3/c1-14-13-19(22(28)25-17-11-9-16(10-12-17)23(29)30-3)20-15(2)26-27(21(20)24-14)18-7-5-4-6-8-18/h4-13H,1-3H3,(H,25,28). The van der Waals surface area contributed by atoms with Gasteiger partial charge in [0.15, 0.2) is 5.65 Å². The van der Waals surface area contributed by atoms with Crippen LogP contribution in [0.25, 0.3) is 16.7 Å². The van der Waals surface area contributed by atoms with Crippen molar-refractivity contribution in [3.8, 4) is 5.69 Å². The van der Waals surface area contributed by atoms with E-state index in [9.17, 15) is 9.59 Å². The van der Waals surface area contributed by atoms with Crippen LogP contribution in [0, 0.1) is 13.8 Å². The largest absolute Gasteiger partial charge is 0.465 e. The predicted molar refractivity (Wildman–Crippen MR) is 114 cm³/mol. The summed E-state index contributed by atoms with van der Waals surface area (Å²) >= 11 is 0. The molecule has 2 heterocycles. The number of rotatable bonds is 4. The Kier molecular flexibility index (Phi) is 5.02. The number of hydrogen-bond donors (Lipinski definition) is 1. The van der Waals surface area contributed by atoms with E-state index in [0.29, 0.717) is 39.2 Å². The molecule has 0 aliphatic rings. The highest BCUT2D eigenvalue weighted by atomic mass is 16.5. The summed E-state index contributed by atoms with van der Waals surface area (Å²) < 4.78 is 6.45. The van der Waals surface area contributed by atoms with E-state index >= 15 is 0 Å². The lowest BCUT2D eigenvalue weighted by molar-refractivity contribution is 0.0600. The third-order valence-electron chi connectivity index (χ3n) is 4.75. The second-order valence-corrected chi connectivity index (χ2v) is 6.87. The molecule has 1 N–H and O–H groups in total. The summed E-state index contributed by atoms with van der Waals surface area (Å²) in [6.45, 7) is 3.71. The molecule has 7 nitrogen and oxygen atoms in total. The second kappa shape index (κ2) is 7.79. The maximum Gasteiger partial charge on any atom is 0.337 e. The molecule has 1 amide bonds. The number of aryl methyl sites for hydroxylation is 2. The predicted octanol–water partition coefficient (Wildman–Crippen LogP) is 4.08. The summed E-state index contributed by atoms with van der Waals surface area (Å²) in [4.78, 5) is 29.3. The molecule has 0 fully saturated rings. The van der Waals surface area contributed by atoms with Gasteiger partial charge in [0.25, 0.3) is 5.91 Å². The number of carbonyl (C=O) groups is 2. The monoisotopic (exact) mass is 400 g/mol. The van der Waals surface area contributed by atoms with E-state index in [4.69, 9.17) is 4.74 Å². The normalized spacial score (nSPS) is 10.8. The van der Waals surface area contributed by atoms with E-state index in [1.54, 1.807) is 35.0 Å². The molecule has 2 aromatic heterocycles. The molecule has 2 aromatic carbocycles. The maximum absolute atomic E-state index is 13.1. The topological polar surface area (TPSA) is 86.1 Å². The minimum atomic E-state index is -0.428. The van der Waals surface area contributed by atoms with Crippen LogP contribution in [-0.2, 0) is 4.74 Å². The third-order valence-corrected chi connectivity index (χ3v) is 4.75. The first kappa shape index (κ1) is 19.3. The van der Waals surface area contributed by atoms with Gasteiger partial charge in [-0.05, 0) is 56.3 Å². The zero-order valence-corrected chi connectivity index (χ0v) is 16.8. The fraction of sp³-hybridized carbons (Fsp3) is 0.130. The highest BCUT2D eigenvalue weighted by Crippen LogP contribution is 2.25. The SMILES string of the molecule is COC(=O)c1ccc(NC(=O)c2cc(C)nc3c2c(C)nn3-c2ccccc2)cc1. The Balaban J connectivity index is 1.73. The van der Waals surface area contributed by atoms with Crippen molar-refractivity contribution in [3.63, 3.8) is 0 Å². The number of hydrogen-bond acceptors (Lipinski definition) is 5. The Morgan fingerprint density at radius 2 is 1.70 bits per heavy atom. The van der Waals surface area contributed by atoms with Crippen molar-refractivity contribution >= 4 is 28.6 Å². The van der Waals surface area contributed by atoms with Crippen LogP contribution >= 0.6 is 0 Å². The molecule has 0 aliphatic carbocycles. The van der Waals surface area contributed by atoms with E-state index in [-0.39, 0.29) is 5.91 Å². The number of amides is 1. The molecular weight excluding hydrogens is 380 g/mol. The first-order valence-corrected chi connectivity index (χ1v) is 9.40. The number of benzene rings is 2. The van der Waals surface area contributed by atoms with E-state index in [1.165, 1.54) is 7.11 Å². The number of para-hydroxylation sites is 1. The van der Waals surface area contributed by atoms with Crippen LogP contribution in [-0.4, -0.2) is 33.8 Å². The number of nitrogens with zero attached hydrogens (tertiary/aromatic N) is 3. The van der Waals surface area contributed by atoms with Crippen molar-refractivity contribution in [3.05, 3.63) is 83.2 Å². The van der Waals surface area contributed by atoms with Gasteiger partial charge in [-0.15, -0.1) is 0 Å². The lowest BCUT2D eigenvalue weighted by Gasteiger charge is -2.09. The zero-order valence-electron chi connectivity index (χ0n) is 16.8. The van der Waals surface area contributed by atoms with Crippen LogP contribution in [0.15, 0.2) is 60.7 Å². The molecule has 4 rings (SSSR count). The molecule has 0 aliphatic heterocycles. The van der Waals surface area contributed by atoms with Crippen molar-refractivity contribution in [1.82, 2.24) is 14.8 Å². The minimum Gasteiger partial charge on any atom is -0.465 e. The fourth-order valence-electron chi connectivity index (χ4n) is 3.35. The van der Waals surface area contributed by atoms with Crippen LogP contribution in [0.5, 0.6) is 0 Å². The van der Waals surface area contributed by atoms with Crippen molar-refractivity contribution in [2.24, 2.45) is 0 Å². The molecule has 4 aromatic rings. The van der Waals surface area contributed by atoms with Crippen LogP contribution < -0.4 is 5.32 Å². The average molecular weight is 400 g/mol. The quantitative estimate of drug-likeness (QED) is 0.522. The lowest BCUT2D eigenvalue weighted by atomic mass is 10.1. The Morgan fingerprint density at radius 3 is 2.37 bits per heavy atom. The molecular formula is C23H20N4O3. The van der Waals surface area contributed by atoms with Crippen molar-refractivity contribution in [2.45, 2.75) is 13.8 Å². The van der Waals surface area contributed by atoms with Gasteiger partial charge in [-0.1, -0.05) is 18.2 Å². The highest BCUT2D eigenvalue weighted by Gasteiger charge is 2.19.